The van der Waals surface area contributed by atoms with E-state index in [2.05, 4.69) is 14.9 Å². The Bertz CT molecular complexity index is 700. The first kappa shape index (κ1) is 13.0. The molecule has 2 aliphatic rings. The van der Waals surface area contributed by atoms with E-state index in [4.69, 9.17) is 11.6 Å². The Labute approximate surface area is 127 Å². The van der Waals surface area contributed by atoms with Crippen molar-refractivity contribution in [3.63, 3.8) is 0 Å². The van der Waals surface area contributed by atoms with Crippen LogP contribution in [0.5, 0.6) is 0 Å². The highest BCUT2D eigenvalue weighted by atomic mass is 35.5. The molecule has 21 heavy (non-hydrogen) atoms. The second-order valence-corrected chi connectivity index (χ2v) is 6.15. The Morgan fingerprint density at radius 1 is 1.14 bits per heavy atom. The molecule has 0 spiro atoms. The molecule has 3 nitrogen and oxygen atoms in total. The third-order valence-corrected chi connectivity index (χ3v) is 4.34. The Kier molecular flexibility index (Phi) is 3.07. The van der Waals surface area contributed by atoms with Crippen LogP contribution in [0.2, 0.25) is 5.15 Å². The van der Waals surface area contributed by atoms with Gasteiger partial charge in [-0.2, -0.15) is 0 Å². The molecule has 0 atom stereocenters. The van der Waals surface area contributed by atoms with E-state index in [1.165, 1.54) is 6.07 Å². The van der Waals surface area contributed by atoms with Crippen LogP contribution in [0.4, 0.5) is 10.2 Å². The molecular formula is C16H15ClFN3. The highest BCUT2D eigenvalue weighted by Crippen LogP contribution is 2.39. The summed E-state index contributed by atoms with van der Waals surface area (Å²) in [6, 6.07) is 6.84. The van der Waals surface area contributed by atoms with Crippen LogP contribution in [-0.2, 0) is 13.0 Å². The fourth-order valence-corrected chi connectivity index (χ4v) is 3.01. The standard InChI is InChI=1S/C16H15ClFN3/c17-14-8-15(20-16(19-14)10-1-2-10)21-6-5-11-7-13(18)4-3-12(11)9-21/h3-4,7-8,10H,1-2,5-6,9H2. The number of benzene rings is 1. The molecule has 0 saturated heterocycles. The van der Waals surface area contributed by atoms with E-state index in [1.54, 1.807) is 6.07 Å². The monoisotopic (exact) mass is 303 g/mol. The number of aromatic nitrogens is 2. The van der Waals surface area contributed by atoms with Crippen molar-refractivity contribution in [1.29, 1.82) is 0 Å². The van der Waals surface area contributed by atoms with Gasteiger partial charge in [0.1, 0.15) is 22.6 Å². The van der Waals surface area contributed by atoms with Gasteiger partial charge in [0.2, 0.25) is 0 Å². The first-order valence-electron chi connectivity index (χ1n) is 7.26. The summed E-state index contributed by atoms with van der Waals surface area (Å²) in [4.78, 5) is 11.2. The van der Waals surface area contributed by atoms with Gasteiger partial charge >= 0.3 is 0 Å². The predicted molar refractivity (Wildman–Crippen MR) is 80.2 cm³/mol. The quantitative estimate of drug-likeness (QED) is 0.792. The highest BCUT2D eigenvalue weighted by molar-refractivity contribution is 6.29. The molecule has 0 radical (unpaired) electrons. The molecule has 1 aliphatic heterocycles. The topological polar surface area (TPSA) is 29.0 Å². The van der Waals surface area contributed by atoms with Gasteiger partial charge in [0.15, 0.2) is 0 Å². The minimum absolute atomic E-state index is 0.164. The van der Waals surface area contributed by atoms with Gasteiger partial charge in [-0.25, -0.2) is 14.4 Å². The Morgan fingerprint density at radius 3 is 2.81 bits per heavy atom. The first-order chi connectivity index (χ1) is 10.2. The maximum atomic E-state index is 13.3. The van der Waals surface area contributed by atoms with Gasteiger partial charge < -0.3 is 4.90 Å². The Morgan fingerprint density at radius 2 is 2.00 bits per heavy atom. The SMILES string of the molecule is Fc1ccc2c(c1)CCN(c1cc(Cl)nc(C3CC3)n1)C2. The summed E-state index contributed by atoms with van der Waals surface area (Å²) in [6.07, 6.45) is 3.14. The number of halogens is 2. The van der Waals surface area contributed by atoms with Crippen LogP contribution in [-0.4, -0.2) is 16.5 Å². The third-order valence-electron chi connectivity index (χ3n) is 4.15. The van der Waals surface area contributed by atoms with Gasteiger partial charge in [-0.05, 0) is 42.5 Å². The van der Waals surface area contributed by atoms with Crippen molar-refractivity contribution in [2.45, 2.75) is 31.7 Å². The van der Waals surface area contributed by atoms with E-state index >= 15 is 0 Å². The minimum atomic E-state index is -0.164. The number of anilines is 1. The smallest absolute Gasteiger partial charge is 0.135 e. The fraction of sp³-hybridized carbons (Fsp3) is 0.375. The minimum Gasteiger partial charge on any atom is -0.352 e. The van der Waals surface area contributed by atoms with E-state index in [0.29, 0.717) is 11.1 Å². The van der Waals surface area contributed by atoms with Gasteiger partial charge in [-0.1, -0.05) is 17.7 Å². The van der Waals surface area contributed by atoms with Crippen molar-refractivity contribution in [3.8, 4) is 0 Å². The van der Waals surface area contributed by atoms with Gasteiger partial charge in [0, 0.05) is 25.1 Å². The normalized spacial score (nSPS) is 17.7. The zero-order chi connectivity index (χ0) is 14.4. The van der Waals surface area contributed by atoms with Crippen LogP contribution in [0.3, 0.4) is 0 Å². The van der Waals surface area contributed by atoms with E-state index in [9.17, 15) is 4.39 Å². The molecule has 5 heteroatoms. The molecule has 0 amide bonds. The van der Waals surface area contributed by atoms with E-state index in [-0.39, 0.29) is 5.82 Å². The Hall–Kier alpha value is -1.68. The number of hydrogen-bond donors (Lipinski definition) is 0. The molecule has 0 N–H and O–H groups in total. The third kappa shape index (κ3) is 2.60. The fourth-order valence-electron chi connectivity index (χ4n) is 2.83. The van der Waals surface area contributed by atoms with Crippen LogP contribution in [0, 0.1) is 5.82 Å². The summed E-state index contributed by atoms with van der Waals surface area (Å²) in [6.45, 7) is 1.57. The molecule has 1 aliphatic carbocycles. The zero-order valence-electron chi connectivity index (χ0n) is 11.5. The van der Waals surface area contributed by atoms with Crippen molar-refractivity contribution in [2.24, 2.45) is 0 Å². The zero-order valence-corrected chi connectivity index (χ0v) is 12.3. The van der Waals surface area contributed by atoms with Crippen LogP contribution in [0.25, 0.3) is 0 Å². The summed E-state index contributed by atoms with van der Waals surface area (Å²) in [5.74, 6) is 2.06. The van der Waals surface area contributed by atoms with Crippen LogP contribution >= 0.6 is 11.6 Å². The molecule has 1 fully saturated rings. The van der Waals surface area contributed by atoms with Gasteiger partial charge in [-0.3, -0.25) is 0 Å². The number of nitrogens with zero attached hydrogens (tertiary/aromatic N) is 3. The lowest BCUT2D eigenvalue weighted by molar-refractivity contribution is 0.618. The first-order valence-corrected chi connectivity index (χ1v) is 7.63. The van der Waals surface area contributed by atoms with Gasteiger partial charge in [0.25, 0.3) is 0 Å². The van der Waals surface area contributed by atoms with E-state index in [1.807, 2.05) is 12.1 Å². The molecular weight excluding hydrogens is 289 g/mol. The number of fused-ring (bicyclic) bond motifs is 1. The van der Waals surface area contributed by atoms with Crippen molar-refractivity contribution < 1.29 is 4.39 Å². The average Bonchev–Trinajstić information content (AvgIpc) is 3.30. The van der Waals surface area contributed by atoms with Crippen LogP contribution in [0.15, 0.2) is 24.3 Å². The molecule has 1 saturated carbocycles. The second kappa shape index (κ2) is 4.95. The molecule has 0 unspecified atom stereocenters. The highest BCUT2D eigenvalue weighted by Gasteiger charge is 2.28. The van der Waals surface area contributed by atoms with Crippen molar-refractivity contribution >= 4 is 17.4 Å². The van der Waals surface area contributed by atoms with Crippen LogP contribution in [0.1, 0.15) is 35.7 Å². The summed E-state index contributed by atoms with van der Waals surface area (Å²) in [5, 5.41) is 0.506. The molecule has 4 rings (SSSR count). The van der Waals surface area contributed by atoms with Crippen molar-refractivity contribution in [1.82, 2.24) is 9.97 Å². The van der Waals surface area contributed by atoms with E-state index in [0.717, 1.165) is 55.1 Å². The molecule has 2 heterocycles. The van der Waals surface area contributed by atoms with Crippen molar-refractivity contribution in [3.05, 3.63) is 52.2 Å². The maximum Gasteiger partial charge on any atom is 0.135 e. The molecule has 1 aromatic heterocycles. The largest absolute Gasteiger partial charge is 0.352 e. The van der Waals surface area contributed by atoms with Crippen LogP contribution < -0.4 is 4.90 Å². The molecule has 2 aromatic rings. The van der Waals surface area contributed by atoms with Gasteiger partial charge in [0.05, 0.1) is 0 Å². The average molecular weight is 304 g/mol. The number of rotatable bonds is 2. The lowest BCUT2D eigenvalue weighted by Crippen LogP contribution is -2.31. The van der Waals surface area contributed by atoms with E-state index < -0.39 is 0 Å². The maximum absolute atomic E-state index is 13.3. The Balaban J connectivity index is 1.64. The summed E-state index contributed by atoms with van der Waals surface area (Å²) in [7, 11) is 0. The summed E-state index contributed by atoms with van der Waals surface area (Å²) >= 11 is 6.13. The lowest BCUT2D eigenvalue weighted by atomic mass is 10.00. The lowest BCUT2D eigenvalue weighted by Gasteiger charge is -2.30. The predicted octanol–water partition coefficient (Wildman–Crippen LogP) is 3.71. The van der Waals surface area contributed by atoms with Crippen molar-refractivity contribution in [2.75, 3.05) is 11.4 Å². The number of hydrogen-bond acceptors (Lipinski definition) is 3. The van der Waals surface area contributed by atoms with Gasteiger partial charge in [-0.15, -0.1) is 0 Å². The second-order valence-electron chi connectivity index (χ2n) is 5.77. The summed E-state index contributed by atoms with van der Waals surface area (Å²) < 4.78 is 13.3. The molecule has 0 bridgehead atoms. The molecule has 1 aromatic carbocycles. The molecule has 108 valence electrons. The summed E-state index contributed by atoms with van der Waals surface area (Å²) in [5.41, 5.74) is 2.25.